The van der Waals surface area contributed by atoms with E-state index >= 15 is 4.39 Å². The summed E-state index contributed by atoms with van der Waals surface area (Å²) in [6, 6.07) is 14.1. The van der Waals surface area contributed by atoms with E-state index in [1.54, 1.807) is 4.68 Å². The first-order valence-electron chi connectivity index (χ1n) is 10.9. The maximum Gasteiger partial charge on any atom is 0.238 e. The fraction of sp³-hybridized carbons (Fsp3) is 0.375. The number of nitrogens with zero attached hydrogens (tertiary/aromatic N) is 3. The van der Waals surface area contributed by atoms with Crippen LogP contribution in [-0.4, -0.2) is 49.4 Å². The van der Waals surface area contributed by atoms with Gasteiger partial charge in [-0.2, -0.15) is 5.10 Å². The zero-order valence-electron chi connectivity index (χ0n) is 18.9. The highest BCUT2D eigenvalue weighted by molar-refractivity contribution is 7.89. The number of halogens is 1. The van der Waals surface area contributed by atoms with Crippen LogP contribution in [0, 0.1) is 12.7 Å². The number of likely N-dealkylation sites (N-methyl/N-ethyl adjacent to an activating group) is 1. The summed E-state index contributed by atoms with van der Waals surface area (Å²) in [7, 11) is -1.96. The number of ether oxygens (including phenoxy) is 1. The van der Waals surface area contributed by atoms with E-state index in [1.165, 1.54) is 12.1 Å². The molecule has 1 saturated heterocycles. The van der Waals surface area contributed by atoms with Gasteiger partial charge in [0.05, 0.1) is 17.2 Å². The normalized spacial score (nSPS) is 16.9. The van der Waals surface area contributed by atoms with Crippen molar-refractivity contribution in [3.8, 4) is 5.69 Å². The topological polar surface area (TPSA) is 90.4 Å². The summed E-state index contributed by atoms with van der Waals surface area (Å²) in [4.78, 5) is 1.94. The smallest absolute Gasteiger partial charge is 0.238 e. The van der Waals surface area contributed by atoms with Crippen molar-refractivity contribution in [3.63, 3.8) is 0 Å². The van der Waals surface area contributed by atoms with Gasteiger partial charge in [0.15, 0.2) is 0 Å². The minimum atomic E-state index is -4.00. The second kappa shape index (κ2) is 9.72. The number of hydrogen-bond donors (Lipinski definition) is 1. The van der Waals surface area contributed by atoms with Crippen LogP contribution in [0.25, 0.3) is 5.69 Å². The second-order valence-electron chi connectivity index (χ2n) is 8.65. The van der Waals surface area contributed by atoms with Gasteiger partial charge in [-0.25, -0.2) is 22.6 Å². The maximum atomic E-state index is 15.0. The number of sulfonamides is 1. The van der Waals surface area contributed by atoms with Crippen LogP contribution >= 0.6 is 0 Å². The summed E-state index contributed by atoms with van der Waals surface area (Å²) in [6.45, 7) is 4.11. The number of rotatable bonds is 7. The van der Waals surface area contributed by atoms with E-state index in [0.717, 1.165) is 48.0 Å². The molecule has 3 aromatic rings. The summed E-state index contributed by atoms with van der Waals surface area (Å²) in [5.74, 6) is -0.698. The van der Waals surface area contributed by atoms with Crippen molar-refractivity contribution in [1.29, 1.82) is 0 Å². The van der Waals surface area contributed by atoms with Crippen molar-refractivity contribution in [2.75, 3.05) is 20.3 Å². The molecule has 0 saturated carbocycles. The third-order valence-corrected chi connectivity index (χ3v) is 6.86. The molecule has 0 amide bonds. The largest absolute Gasteiger partial charge is 0.380 e. The number of hydrogen-bond acceptors (Lipinski definition) is 5. The Kier molecular flexibility index (Phi) is 6.94. The highest BCUT2D eigenvalue weighted by Crippen LogP contribution is 2.23. The fourth-order valence-electron chi connectivity index (χ4n) is 4.21. The summed E-state index contributed by atoms with van der Waals surface area (Å²) >= 11 is 0. The summed E-state index contributed by atoms with van der Waals surface area (Å²) in [5, 5.41) is 9.86. The number of aromatic nitrogens is 2. The van der Waals surface area contributed by atoms with Crippen molar-refractivity contribution in [2.24, 2.45) is 5.14 Å². The van der Waals surface area contributed by atoms with Crippen molar-refractivity contribution in [2.45, 2.75) is 43.7 Å². The van der Waals surface area contributed by atoms with E-state index in [-0.39, 0.29) is 10.6 Å². The first-order valence-corrected chi connectivity index (χ1v) is 12.5. The Morgan fingerprint density at radius 1 is 1.24 bits per heavy atom. The highest BCUT2D eigenvalue weighted by atomic mass is 32.2. The predicted octanol–water partition coefficient (Wildman–Crippen LogP) is 3.17. The van der Waals surface area contributed by atoms with Crippen LogP contribution in [0.4, 0.5) is 4.39 Å². The second-order valence-corrected chi connectivity index (χ2v) is 10.2. The quantitative estimate of drug-likeness (QED) is 0.570. The van der Waals surface area contributed by atoms with Crippen molar-refractivity contribution in [1.82, 2.24) is 14.7 Å². The van der Waals surface area contributed by atoms with Crippen LogP contribution in [0.1, 0.15) is 35.4 Å². The van der Waals surface area contributed by atoms with Gasteiger partial charge in [0, 0.05) is 31.3 Å². The number of nitrogens with two attached hydrogens (primary N) is 1. The molecule has 7 nitrogen and oxygen atoms in total. The molecular weight excluding hydrogens is 443 g/mol. The first kappa shape index (κ1) is 23.6. The standard InChI is InChI=1S/C24H29FN4O3S/c1-17-5-3-6-18(11-17)12-21-13-19(15-28(2)20-7-4-10-32-16-20)27-29(21)24-9-8-22(14-23(24)25)33(26,30)31/h3,5-6,8-9,11,13-14,20H,4,7,10,12,15-16H2,1-2H3,(H2,26,30,31). The summed E-state index contributed by atoms with van der Waals surface area (Å²) in [5.41, 5.74) is 4.02. The Bertz CT molecular complexity index is 1240. The van der Waals surface area contributed by atoms with Gasteiger partial charge in [-0.15, -0.1) is 0 Å². The van der Waals surface area contributed by atoms with E-state index in [0.29, 0.717) is 25.6 Å². The van der Waals surface area contributed by atoms with Crippen molar-refractivity contribution in [3.05, 3.63) is 76.9 Å². The molecule has 1 atom stereocenters. The fourth-order valence-corrected chi connectivity index (χ4v) is 4.74. The monoisotopic (exact) mass is 472 g/mol. The van der Waals surface area contributed by atoms with E-state index in [4.69, 9.17) is 15.0 Å². The van der Waals surface area contributed by atoms with Crippen LogP contribution < -0.4 is 5.14 Å². The molecule has 4 rings (SSSR count). The molecule has 1 unspecified atom stereocenters. The Morgan fingerprint density at radius 2 is 2.06 bits per heavy atom. The molecule has 9 heteroatoms. The molecular formula is C24H29FN4O3S. The Labute approximate surface area is 194 Å². The molecule has 2 heterocycles. The minimum Gasteiger partial charge on any atom is -0.380 e. The molecule has 0 radical (unpaired) electrons. The molecule has 1 aliphatic heterocycles. The number of aryl methyl sites for hydroxylation is 1. The molecule has 1 aromatic heterocycles. The molecule has 1 fully saturated rings. The summed E-state index contributed by atoms with van der Waals surface area (Å²) in [6.07, 6.45) is 2.65. The zero-order valence-corrected chi connectivity index (χ0v) is 19.7. The lowest BCUT2D eigenvalue weighted by Gasteiger charge is -2.30. The molecule has 2 N–H and O–H groups in total. The SMILES string of the molecule is Cc1cccc(Cc2cc(CN(C)C3CCCOC3)nn2-c2ccc(S(N)(=O)=O)cc2F)c1. The third kappa shape index (κ3) is 5.67. The van der Waals surface area contributed by atoms with Gasteiger partial charge in [-0.3, -0.25) is 4.90 Å². The van der Waals surface area contributed by atoms with Gasteiger partial charge in [0.2, 0.25) is 10.0 Å². The molecule has 33 heavy (non-hydrogen) atoms. The molecule has 176 valence electrons. The Morgan fingerprint density at radius 3 is 2.73 bits per heavy atom. The lowest BCUT2D eigenvalue weighted by atomic mass is 10.1. The van der Waals surface area contributed by atoms with Gasteiger partial charge < -0.3 is 4.74 Å². The van der Waals surface area contributed by atoms with E-state index in [2.05, 4.69) is 11.0 Å². The molecule has 0 spiro atoms. The van der Waals surface area contributed by atoms with Crippen LogP contribution in [0.15, 0.2) is 53.4 Å². The number of benzene rings is 2. The van der Waals surface area contributed by atoms with E-state index < -0.39 is 15.8 Å². The molecule has 0 bridgehead atoms. The van der Waals surface area contributed by atoms with Crippen LogP contribution in [0.5, 0.6) is 0 Å². The van der Waals surface area contributed by atoms with Gasteiger partial charge in [-0.05, 0) is 56.6 Å². The van der Waals surface area contributed by atoms with Crippen LogP contribution in [0.3, 0.4) is 0 Å². The number of primary sulfonamides is 1. The maximum absolute atomic E-state index is 15.0. The Balaban J connectivity index is 1.69. The van der Waals surface area contributed by atoms with Gasteiger partial charge in [-0.1, -0.05) is 29.8 Å². The summed E-state index contributed by atoms with van der Waals surface area (Å²) < 4.78 is 45.4. The third-order valence-electron chi connectivity index (χ3n) is 5.95. The highest BCUT2D eigenvalue weighted by Gasteiger charge is 2.21. The van der Waals surface area contributed by atoms with E-state index in [1.807, 2.05) is 38.2 Å². The van der Waals surface area contributed by atoms with E-state index in [9.17, 15) is 8.42 Å². The van der Waals surface area contributed by atoms with Gasteiger partial charge in [0.1, 0.15) is 11.5 Å². The minimum absolute atomic E-state index is 0.181. The van der Waals surface area contributed by atoms with Crippen LogP contribution in [-0.2, 0) is 27.7 Å². The predicted molar refractivity (Wildman–Crippen MR) is 124 cm³/mol. The average molecular weight is 473 g/mol. The average Bonchev–Trinajstić information content (AvgIpc) is 3.15. The van der Waals surface area contributed by atoms with Gasteiger partial charge >= 0.3 is 0 Å². The lowest BCUT2D eigenvalue weighted by Crippen LogP contribution is -2.38. The van der Waals surface area contributed by atoms with Crippen LogP contribution in [0.2, 0.25) is 0 Å². The molecule has 1 aliphatic rings. The molecule has 2 aromatic carbocycles. The van der Waals surface area contributed by atoms with Gasteiger partial charge in [0.25, 0.3) is 0 Å². The van der Waals surface area contributed by atoms with Crippen molar-refractivity contribution < 1.29 is 17.5 Å². The first-order chi connectivity index (χ1) is 15.7. The molecule has 0 aliphatic carbocycles. The van der Waals surface area contributed by atoms with Crippen molar-refractivity contribution >= 4 is 10.0 Å². The zero-order chi connectivity index (χ0) is 23.6. The lowest BCUT2D eigenvalue weighted by molar-refractivity contribution is 0.0246. The Hall–Kier alpha value is -2.59.